The van der Waals surface area contributed by atoms with Crippen molar-refractivity contribution in [1.29, 1.82) is 0 Å². The predicted molar refractivity (Wildman–Crippen MR) is 101 cm³/mol. The van der Waals surface area contributed by atoms with E-state index in [2.05, 4.69) is 26.0 Å². The SMILES string of the molecule is CCCCC1CCC(C=CCOC2CCC(CCC)CC2)CC1. The summed E-state index contributed by atoms with van der Waals surface area (Å²) in [5.74, 6) is 2.84. The average Bonchev–Trinajstić information content (AvgIpc) is 2.59. The van der Waals surface area contributed by atoms with Crippen LogP contribution >= 0.6 is 0 Å². The minimum absolute atomic E-state index is 0.539. The minimum atomic E-state index is 0.539. The zero-order valence-corrected chi connectivity index (χ0v) is 15.8. The molecule has 0 aromatic rings. The van der Waals surface area contributed by atoms with Gasteiger partial charge in [-0.1, -0.05) is 58.1 Å². The lowest BCUT2D eigenvalue weighted by Crippen LogP contribution is -2.21. The molecule has 0 heterocycles. The van der Waals surface area contributed by atoms with Crippen LogP contribution in [-0.4, -0.2) is 12.7 Å². The van der Waals surface area contributed by atoms with E-state index in [9.17, 15) is 0 Å². The van der Waals surface area contributed by atoms with Crippen LogP contribution in [0.4, 0.5) is 0 Å². The third-order valence-corrected chi connectivity index (χ3v) is 6.18. The van der Waals surface area contributed by atoms with Gasteiger partial charge in [0.25, 0.3) is 0 Å². The first-order chi connectivity index (χ1) is 11.3. The van der Waals surface area contributed by atoms with Gasteiger partial charge in [-0.05, 0) is 69.1 Å². The summed E-state index contributed by atoms with van der Waals surface area (Å²) in [6.07, 6.45) is 23.4. The van der Waals surface area contributed by atoms with Crippen LogP contribution in [0, 0.1) is 17.8 Å². The Bertz CT molecular complexity index is 306. The van der Waals surface area contributed by atoms with E-state index in [1.54, 1.807) is 0 Å². The van der Waals surface area contributed by atoms with Crippen LogP contribution in [0.5, 0.6) is 0 Å². The molecular weight excluding hydrogens is 280 g/mol. The Morgan fingerprint density at radius 1 is 0.783 bits per heavy atom. The fourth-order valence-corrected chi connectivity index (χ4v) is 4.60. The molecule has 0 N–H and O–H groups in total. The van der Waals surface area contributed by atoms with Crippen LogP contribution < -0.4 is 0 Å². The van der Waals surface area contributed by atoms with Gasteiger partial charge in [0.1, 0.15) is 0 Å². The number of ether oxygens (including phenoxy) is 1. The Morgan fingerprint density at radius 3 is 2.09 bits per heavy atom. The molecule has 1 heteroatoms. The maximum atomic E-state index is 6.09. The standard InChI is InChI=1S/C22H40O/c1-3-5-8-20-10-12-21(13-11-20)9-6-18-23-22-16-14-19(7-4-2)15-17-22/h6,9,19-22H,3-5,7-8,10-18H2,1-2H3. The molecule has 23 heavy (non-hydrogen) atoms. The molecule has 134 valence electrons. The number of allylic oxidation sites excluding steroid dienone is 1. The summed E-state index contributed by atoms with van der Waals surface area (Å²) >= 11 is 0. The molecular formula is C22H40O. The van der Waals surface area contributed by atoms with Crippen LogP contribution in [0.3, 0.4) is 0 Å². The fraction of sp³-hybridized carbons (Fsp3) is 0.909. The first-order valence-corrected chi connectivity index (χ1v) is 10.6. The van der Waals surface area contributed by atoms with E-state index >= 15 is 0 Å². The maximum Gasteiger partial charge on any atom is 0.0651 e. The summed E-state index contributed by atoms with van der Waals surface area (Å²) < 4.78 is 6.09. The summed E-state index contributed by atoms with van der Waals surface area (Å²) in [5.41, 5.74) is 0. The molecule has 0 amide bonds. The van der Waals surface area contributed by atoms with Gasteiger partial charge in [-0.2, -0.15) is 0 Å². The third-order valence-electron chi connectivity index (χ3n) is 6.18. The Balaban J connectivity index is 1.52. The molecule has 0 aromatic heterocycles. The van der Waals surface area contributed by atoms with Crippen molar-refractivity contribution in [2.75, 3.05) is 6.61 Å². The van der Waals surface area contributed by atoms with E-state index in [-0.39, 0.29) is 0 Å². The molecule has 2 aliphatic rings. The predicted octanol–water partition coefficient (Wildman–Crippen LogP) is 6.91. The van der Waals surface area contributed by atoms with E-state index in [4.69, 9.17) is 4.74 Å². The molecule has 0 radical (unpaired) electrons. The van der Waals surface area contributed by atoms with E-state index in [1.807, 2.05) is 0 Å². The zero-order valence-electron chi connectivity index (χ0n) is 15.8. The second kappa shape index (κ2) is 11.3. The van der Waals surface area contributed by atoms with Gasteiger partial charge in [0.15, 0.2) is 0 Å². The molecule has 0 spiro atoms. The van der Waals surface area contributed by atoms with Gasteiger partial charge in [-0.3, -0.25) is 0 Å². The molecule has 0 bridgehead atoms. The van der Waals surface area contributed by atoms with Crippen molar-refractivity contribution in [3.8, 4) is 0 Å². The lowest BCUT2D eigenvalue weighted by molar-refractivity contribution is 0.0333. The summed E-state index contributed by atoms with van der Waals surface area (Å²) in [6.45, 7) is 5.47. The number of unbranched alkanes of at least 4 members (excludes halogenated alkanes) is 1. The van der Waals surface area contributed by atoms with Gasteiger partial charge in [0.2, 0.25) is 0 Å². The number of rotatable bonds is 9. The van der Waals surface area contributed by atoms with Crippen LogP contribution in [0.1, 0.15) is 97.3 Å². The first-order valence-electron chi connectivity index (χ1n) is 10.6. The number of hydrogen-bond acceptors (Lipinski definition) is 1. The molecule has 0 unspecified atom stereocenters. The molecule has 1 nitrogen and oxygen atoms in total. The van der Waals surface area contributed by atoms with Crippen molar-refractivity contribution in [3.05, 3.63) is 12.2 Å². The fourth-order valence-electron chi connectivity index (χ4n) is 4.60. The quantitative estimate of drug-likeness (QED) is 0.419. The third kappa shape index (κ3) is 7.42. The van der Waals surface area contributed by atoms with E-state index in [0.29, 0.717) is 6.10 Å². The molecule has 0 saturated heterocycles. The van der Waals surface area contributed by atoms with Crippen molar-refractivity contribution in [2.24, 2.45) is 17.8 Å². The van der Waals surface area contributed by atoms with Crippen molar-refractivity contribution >= 4 is 0 Å². The summed E-state index contributed by atoms with van der Waals surface area (Å²) in [7, 11) is 0. The Labute approximate surface area is 145 Å². The molecule has 0 atom stereocenters. The maximum absolute atomic E-state index is 6.09. The number of hydrogen-bond donors (Lipinski definition) is 0. The molecule has 2 fully saturated rings. The Morgan fingerprint density at radius 2 is 1.43 bits per heavy atom. The summed E-state index contributed by atoms with van der Waals surface area (Å²) in [6, 6.07) is 0. The highest BCUT2D eigenvalue weighted by Gasteiger charge is 2.21. The molecule has 0 aromatic carbocycles. The molecule has 0 aliphatic heterocycles. The average molecular weight is 321 g/mol. The largest absolute Gasteiger partial charge is 0.374 e. The van der Waals surface area contributed by atoms with E-state index in [1.165, 1.54) is 83.5 Å². The van der Waals surface area contributed by atoms with E-state index in [0.717, 1.165) is 24.4 Å². The smallest absolute Gasteiger partial charge is 0.0651 e. The van der Waals surface area contributed by atoms with Crippen molar-refractivity contribution < 1.29 is 4.74 Å². The molecule has 2 rings (SSSR count). The van der Waals surface area contributed by atoms with Gasteiger partial charge in [-0.25, -0.2) is 0 Å². The van der Waals surface area contributed by atoms with Gasteiger partial charge in [-0.15, -0.1) is 0 Å². The lowest BCUT2D eigenvalue weighted by Gasteiger charge is -2.28. The van der Waals surface area contributed by atoms with Gasteiger partial charge >= 0.3 is 0 Å². The van der Waals surface area contributed by atoms with Gasteiger partial charge < -0.3 is 4.74 Å². The summed E-state index contributed by atoms with van der Waals surface area (Å²) in [4.78, 5) is 0. The topological polar surface area (TPSA) is 9.23 Å². The van der Waals surface area contributed by atoms with Crippen molar-refractivity contribution in [1.82, 2.24) is 0 Å². The normalized spacial score (nSPS) is 32.4. The monoisotopic (exact) mass is 320 g/mol. The Kier molecular flexibility index (Phi) is 9.34. The Hall–Kier alpha value is -0.300. The van der Waals surface area contributed by atoms with Crippen molar-refractivity contribution in [2.45, 2.75) is 103 Å². The van der Waals surface area contributed by atoms with E-state index < -0.39 is 0 Å². The molecule has 2 saturated carbocycles. The highest BCUT2D eigenvalue weighted by Crippen LogP contribution is 2.32. The lowest BCUT2D eigenvalue weighted by atomic mass is 9.80. The zero-order chi connectivity index (χ0) is 16.3. The molecule has 2 aliphatic carbocycles. The van der Waals surface area contributed by atoms with Crippen molar-refractivity contribution in [3.63, 3.8) is 0 Å². The first kappa shape index (κ1) is 19.0. The van der Waals surface area contributed by atoms with Crippen LogP contribution in [0.25, 0.3) is 0 Å². The summed E-state index contributed by atoms with van der Waals surface area (Å²) in [5, 5.41) is 0. The van der Waals surface area contributed by atoms with Gasteiger partial charge in [0.05, 0.1) is 12.7 Å². The van der Waals surface area contributed by atoms with Crippen LogP contribution in [-0.2, 0) is 4.74 Å². The highest BCUT2D eigenvalue weighted by atomic mass is 16.5. The second-order valence-corrected chi connectivity index (χ2v) is 8.12. The minimum Gasteiger partial charge on any atom is -0.374 e. The van der Waals surface area contributed by atoms with Gasteiger partial charge in [0, 0.05) is 0 Å². The second-order valence-electron chi connectivity index (χ2n) is 8.12. The van der Waals surface area contributed by atoms with Crippen LogP contribution in [0.15, 0.2) is 12.2 Å². The van der Waals surface area contributed by atoms with Crippen LogP contribution in [0.2, 0.25) is 0 Å². The highest BCUT2D eigenvalue weighted by molar-refractivity contribution is 4.91.